The van der Waals surface area contributed by atoms with Gasteiger partial charge in [0.05, 0.1) is 22.7 Å². The standard InChI is InChI=1S/C16H18N4O3S.C9H13NO2S/c17-16(18)20-9-10-2-1-3-11(8-10)12-4-5-13(24-12)15(23)19-7-6-14(21)22;1-6-4-7(2)9(8(3)5-6)13(10,11)12/h1-5,8H,6-7,9H2,(H,19,23)(H,21,22)(H4,17,18,20);4-5H,1-3H3,(H2,10,11,12). The molecule has 0 aliphatic rings. The van der Waals surface area contributed by atoms with E-state index in [9.17, 15) is 18.0 Å². The molecule has 0 bridgehead atoms. The first-order valence-corrected chi connectivity index (χ1v) is 13.5. The number of nitrogens with two attached hydrogens (primary N) is 3. The summed E-state index contributed by atoms with van der Waals surface area (Å²) in [6.07, 6.45) is -0.100. The molecule has 0 unspecified atom stereocenters. The van der Waals surface area contributed by atoms with Gasteiger partial charge in [-0.3, -0.25) is 9.59 Å². The highest BCUT2D eigenvalue weighted by Gasteiger charge is 2.14. The second kappa shape index (κ2) is 13.0. The van der Waals surface area contributed by atoms with Crippen LogP contribution in [0.25, 0.3) is 10.4 Å². The van der Waals surface area contributed by atoms with Crippen LogP contribution in [-0.4, -0.2) is 37.9 Å². The molecule has 0 fully saturated rings. The van der Waals surface area contributed by atoms with E-state index in [0.717, 1.165) is 21.6 Å². The summed E-state index contributed by atoms with van der Waals surface area (Å²) >= 11 is 1.34. The highest BCUT2D eigenvalue weighted by molar-refractivity contribution is 7.89. The minimum atomic E-state index is -3.58. The van der Waals surface area contributed by atoms with E-state index in [4.69, 9.17) is 21.7 Å². The third-order valence-corrected chi connectivity index (χ3v) is 7.35. The molecule has 0 atom stereocenters. The van der Waals surface area contributed by atoms with Crippen molar-refractivity contribution in [2.75, 3.05) is 6.54 Å². The normalized spacial score (nSPS) is 10.7. The van der Waals surface area contributed by atoms with Gasteiger partial charge in [0, 0.05) is 11.4 Å². The van der Waals surface area contributed by atoms with Gasteiger partial charge in [-0.15, -0.1) is 11.3 Å². The third kappa shape index (κ3) is 9.33. The SMILES string of the molecule is Cc1cc(C)c(S(N)(=O)=O)c(C)c1.NC(N)=NCc1cccc(-c2ccc(C(=O)NCCC(=O)O)s2)c1. The molecule has 10 nitrogen and oxygen atoms in total. The number of hydrogen-bond donors (Lipinski definition) is 5. The molecule has 1 amide bonds. The summed E-state index contributed by atoms with van der Waals surface area (Å²) in [7, 11) is -3.58. The molecule has 8 N–H and O–H groups in total. The van der Waals surface area contributed by atoms with E-state index in [1.807, 2.05) is 49.4 Å². The van der Waals surface area contributed by atoms with Crippen molar-refractivity contribution in [2.24, 2.45) is 21.6 Å². The van der Waals surface area contributed by atoms with Crippen LogP contribution in [0.2, 0.25) is 0 Å². The van der Waals surface area contributed by atoms with Crippen LogP contribution in [0.5, 0.6) is 0 Å². The maximum atomic E-state index is 12.0. The van der Waals surface area contributed by atoms with Crippen molar-refractivity contribution < 1.29 is 23.1 Å². The van der Waals surface area contributed by atoms with Gasteiger partial charge in [-0.05, 0) is 61.2 Å². The van der Waals surface area contributed by atoms with Crippen molar-refractivity contribution in [1.29, 1.82) is 0 Å². The zero-order chi connectivity index (χ0) is 27.8. The van der Waals surface area contributed by atoms with E-state index in [1.165, 1.54) is 11.3 Å². The monoisotopic (exact) mass is 545 g/mol. The quantitative estimate of drug-likeness (QED) is 0.212. The second-order valence-electron chi connectivity index (χ2n) is 8.28. The fourth-order valence-corrected chi connectivity index (χ4v) is 5.54. The molecule has 0 spiro atoms. The molecule has 1 heterocycles. The summed E-state index contributed by atoms with van der Waals surface area (Å²) in [5.74, 6) is -1.18. The molecule has 0 saturated heterocycles. The summed E-state index contributed by atoms with van der Waals surface area (Å²) in [5, 5.41) is 16.2. The third-order valence-electron chi connectivity index (χ3n) is 5.00. The predicted molar refractivity (Wildman–Crippen MR) is 146 cm³/mol. The van der Waals surface area contributed by atoms with Gasteiger partial charge < -0.3 is 21.9 Å². The van der Waals surface area contributed by atoms with Crippen LogP contribution >= 0.6 is 11.3 Å². The predicted octanol–water partition coefficient (Wildman–Crippen LogP) is 2.65. The summed E-state index contributed by atoms with van der Waals surface area (Å²) in [4.78, 5) is 28.1. The van der Waals surface area contributed by atoms with Crippen LogP contribution in [0.3, 0.4) is 0 Å². The molecule has 12 heteroatoms. The van der Waals surface area contributed by atoms with E-state index in [1.54, 1.807) is 19.9 Å². The number of primary sulfonamides is 1. The maximum Gasteiger partial charge on any atom is 0.305 e. The van der Waals surface area contributed by atoms with Crippen LogP contribution in [0.15, 0.2) is 58.4 Å². The number of rotatable bonds is 8. The van der Waals surface area contributed by atoms with Crippen LogP contribution in [0.1, 0.15) is 38.3 Å². The van der Waals surface area contributed by atoms with Gasteiger partial charge in [-0.25, -0.2) is 18.5 Å². The molecule has 2 aromatic carbocycles. The van der Waals surface area contributed by atoms with Crippen molar-refractivity contribution in [3.63, 3.8) is 0 Å². The number of aliphatic imine (C=N–C) groups is 1. The van der Waals surface area contributed by atoms with E-state index >= 15 is 0 Å². The van der Waals surface area contributed by atoms with E-state index in [-0.39, 0.29) is 29.7 Å². The number of guanidine groups is 1. The Morgan fingerprint density at radius 2 is 1.68 bits per heavy atom. The van der Waals surface area contributed by atoms with Crippen LogP contribution in [-0.2, 0) is 21.4 Å². The Balaban J connectivity index is 0.000000312. The minimum absolute atomic E-state index is 0.0387. The number of thiophene rings is 1. The number of aliphatic carboxylic acids is 1. The smallest absolute Gasteiger partial charge is 0.305 e. The summed E-state index contributed by atoms with van der Waals surface area (Å²) in [6.45, 7) is 5.92. The first-order valence-electron chi connectivity index (χ1n) is 11.1. The fraction of sp³-hybridized carbons (Fsp3) is 0.240. The summed E-state index contributed by atoms with van der Waals surface area (Å²) < 4.78 is 22.3. The zero-order valence-electron chi connectivity index (χ0n) is 20.8. The number of carbonyl (C=O) groups is 2. The number of aryl methyl sites for hydroxylation is 3. The van der Waals surface area contributed by atoms with Crippen LogP contribution in [0, 0.1) is 20.8 Å². The number of nitrogens with zero attached hydrogens (tertiary/aromatic N) is 1. The van der Waals surface area contributed by atoms with E-state index < -0.39 is 16.0 Å². The van der Waals surface area contributed by atoms with E-state index in [2.05, 4.69) is 10.3 Å². The van der Waals surface area contributed by atoms with Crippen LogP contribution in [0.4, 0.5) is 0 Å². The molecule has 3 rings (SSSR count). The molecule has 0 saturated carbocycles. The highest BCUT2D eigenvalue weighted by atomic mass is 32.2. The fourth-order valence-electron chi connectivity index (χ4n) is 3.61. The number of nitrogens with one attached hydrogen (secondary N) is 1. The molecular weight excluding hydrogens is 514 g/mol. The second-order valence-corrected chi connectivity index (χ2v) is 10.9. The highest BCUT2D eigenvalue weighted by Crippen LogP contribution is 2.29. The van der Waals surface area contributed by atoms with Crippen molar-refractivity contribution >= 4 is 39.2 Å². The Hall–Kier alpha value is -3.74. The molecule has 37 heavy (non-hydrogen) atoms. The topological polar surface area (TPSA) is 191 Å². The van der Waals surface area contributed by atoms with Crippen LogP contribution < -0.4 is 21.9 Å². The number of carboxylic acids is 1. The lowest BCUT2D eigenvalue weighted by molar-refractivity contribution is -0.136. The first kappa shape index (κ1) is 29.5. The Bertz CT molecular complexity index is 1390. The number of carboxylic acid groups (broad SMARTS) is 1. The number of sulfonamides is 1. The largest absolute Gasteiger partial charge is 0.481 e. The van der Waals surface area contributed by atoms with Gasteiger partial charge in [0.2, 0.25) is 10.0 Å². The number of benzene rings is 2. The molecular formula is C25H31N5O5S2. The Labute approximate surface area is 220 Å². The van der Waals surface area contributed by atoms with E-state index in [0.29, 0.717) is 22.5 Å². The summed E-state index contributed by atoms with van der Waals surface area (Å²) in [5.41, 5.74) is 15.1. The van der Waals surface area contributed by atoms with Gasteiger partial charge in [0.1, 0.15) is 0 Å². The number of hydrogen-bond acceptors (Lipinski definition) is 6. The van der Waals surface area contributed by atoms with Gasteiger partial charge in [0.25, 0.3) is 5.91 Å². The molecule has 1 aromatic heterocycles. The summed E-state index contributed by atoms with van der Waals surface area (Å²) in [6, 6.07) is 14.9. The lowest BCUT2D eigenvalue weighted by Crippen LogP contribution is -2.25. The Kier molecular flexibility index (Phi) is 10.4. The number of carbonyl (C=O) groups excluding carboxylic acids is 1. The molecule has 3 aromatic rings. The zero-order valence-corrected chi connectivity index (χ0v) is 22.4. The van der Waals surface area contributed by atoms with Gasteiger partial charge in [-0.2, -0.15) is 0 Å². The molecule has 0 aliphatic heterocycles. The lowest BCUT2D eigenvalue weighted by atomic mass is 10.1. The molecule has 0 radical (unpaired) electrons. The molecule has 198 valence electrons. The maximum absolute atomic E-state index is 12.0. The Morgan fingerprint density at radius 1 is 1.03 bits per heavy atom. The van der Waals surface area contributed by atoms with Gasteiger partial charge in [0.15, 0.2) is 5.96 Å². The van der Waals surface area contributed by atoms with Crippen molar-refractivity contribution in [3.05, 3.63) is 75.7 Å². The average molecular weight is 546 g/mol. The Morgan fingerprint density at radius 3 is 2.24 bits per heavy atom. The van der Waals surface area contributed by atoms with Gasteiger partial charge in [-0.1, -0.05) is 35.9 Å². The van der Waals surface area contributed by atoms with Crippen molar-refractivity contribution in [2.45, 2.75) is 38.6 Å². The van der Waals surface area contributed by atoms with Crippen molar-refractivity contribution in [1.82, 2.24) is 5.32 Å². The lowest BCUT2D eigenvalue weighted by Gasteiger charge is -2.08. The average Bonchev–Trinajstić information content (AvgIpc) is 3.27. The van der Waals surface area contributed by atoms with Gasteiger partial charge >= 0.3 is 5.97 Å². The van der Waals surface area contributed by atoms with Crippen molar-refractivity contribution in [3.8, 4) is 10.4 Å². The number of amides is 1. The molecule has 0 aliphatic carbocycles. The minimum Gasteiger partial charge on any atom is -0.481 e. The first-order chi connectivity index (χ1) is 17.3.